The molecule has 1 aromatic rings. The van der Waals surface area contributed by atoms with E-state index < -0.39 is 29.2 Å². The number of carbonyl (C=O) groups excluding carboxylic acids is 3. The molecule has 0 saturated carbocycles. The lowest BCUT2D eigenvalue weighted by molar-refractivity contribution is -0.151. The van der Waals surface area contributed by atoms with Crippen LogP contribution in [0.4, 0.5) is 0 Å². The van der Waals surface area contributed by atoms with Gasteiger partial charge >= 0.3 is 11.9 Å². The van der Waals surface area contributed by atoms with Crippen LogP contribution in [0.5, 0.6) is 0 Å². The fourth-order valence-electron chi connectivity index (χ4n) is 3.84. The Bertz CT molecular complexity index is 946. The van der Waals surface area contributed by atoms with Crippen LogP contribution in [-0.2, 0) is 24.0 Å². The van der Waals surface area contributed by atoms with Crippen molar-refractivity contribution in [1.29, 1.82) is 0 Å². The van der Waals surface area contributed by atoms with E-state index >= 15 is 0 Å². The van der Waals surface area contributed by atoms with Gasteiger partial charge in [0.2, 0.25) is 5.91 Å². The highest BCUT2D eigenvalue weighted by molar-refractivity contribution is 6.31. The third kappa shape index (κ3) is 5.17. The molecule has 1 aliphatic heterocycles. The highest BCUT2D eigenvalue weighted by Gasteiger charge is 2.41. The number of nitrogens with two attached hydrogens (primary N) is 1. The van der Waals surface area contributed by atoms with Gasteiger partial charge in [-0.3, -0.25) is 14.5 Å². The summed E-state index contributed by atoms with van der Waals surface area (Å²) in [6, 6.07) is 7.22. The molecule has 0 radical (unpaired) electrons. The van der Waals surface area contributed by atoms with Gasteiger partial charge in [0.15, 0.2) is 0 Å². The first kappa shape index (κ1) is 24.6. The van der Waals surface area contributed by atoms with Crippen molar-refractivity contribution in [1.82, 2.24) is 4.90 Å². The van der Waals surface area contributed by atoms with Crippen molar-refractivity contribution in [2.75, 3.05) is 7.11 Å². The summed E-state index contributed by atoms with van der Waals surface area (Å²) >= 11 is 6.40. The van der Waals surface area contributed by atoms with Crippen molar-refractivity contribution in [2.45, 2.75) is 47.0 Å². The monoisotopic (exact) mass is 448 g/mol. The van der Waals surface area contributed by atoms with E-state index in [1.54, 1.807) is 32.1 Å². The zero-order valence-corrected chi connectivity index (χ0v) is 19.4. The zero-order chi connectivity index (χ0) is 23.5. The van der Waals surface area contributed by atoms with Crippen LogP contribution >= 0.6 is 11.6 Å². The number of benzene rings is 1. The van der Waals surface area contributed by atoms with Crippen LogP contribution in [0.15, 0.2) is 47.3 Å². The van der Waals surface area contributed by atoms with Gasteiger partial charge in [0.05, 0.1) is 25.0 Å². The highest BCUT2D eigenvalue weighted by Crippen LogP contribution is 2.41. The van der Waals surface area contributed by atoms with Crippen LogP contribution in [0.1, 0.15) is 52.5 Å². The Kier molecular flexibility index (Phi) is 7.68. The van der Waals surface area contributed by atoms with Crippen LogP contribution in [-0.4, -0.2) is 29.9 Å². The number of ether oxygens (including phenoxy) is 1. The first-order chi connectivity index (χ1) is 14.4. The number of nitrogens with zero attached hydrogens (tertiary/aromatic N) is 1. The van der Waals surface area contributed by atoms with Gasteiger partial charge in [0, 0.05) is 22.3 Å². The van der Waals surface area contributed by atoms with Gasteiger partial charge in [-0.1, -0.05) is 56.6 Å². The van der Waals surface area contributed by atoms with Gasteiger partial charge in [0.25, 0.3) is 0 Å². The number of methoxy groups -OCH3 is 1. The molecular formula is C23H29ClN2O5. The van der Waals surface area contributed by atoms with Crippen molar-refractivity contribution in [3.05, 3.63) is 57.9 Å². The minimum atomic E-state index is -0.724. The molecule has 1 amide bonds. The number of rotatable bonds is 5. The Hall–Kier alpha value is -2.64. The smallest absolute Gasteiger partial charge is 0.336 e. The maximum atomic E-state index is 13.6. The quantitative estimate of drug-likeness (QED) is 0.538. The number of allylic oxidation sites excluding steroid dienone is 3. The number of carbonyl (C=O) groups is 3. The number of hydrogen-bond acceptors (Lipinski definition) is 6. The normalized spacial score (nSPS) is 17.7. The molecule has 0 bridgehead atoms. The lowest BCUT2D eigenvalue weighted by atomic mass is 9.77. The molecule has 1 aliphatic rings. The molecule has 7 nitrogen and oxygen atoms in total. The Morgan fingerprint density at radius 2 is 1.81 bits per heavy atom. The van der Waals surface area contributed by atoms with Crippen molar-refractivity contribution in [3.8, 4) is 0 Å². The van der Waals surface area contributed by atoms with Crippen LogP contribution < -0.4 is 5.90 Å². The van der Waals surface area contributed by atoms with Gasteiger partial charge in [-0.05, 0) is 30.9 Å². The second-order valence-corrected chi connectivity index (χ2v) is 8.99. The molecule has 0 aliphatic carbocycles. The van der Waals surface area contributed by atoms with E-state index in [9.17, 15) is 14.4 Å². The Balaban J connectivity index is 2.61. The molecule has 0 aromatic heterocycles. The number of amides is 1. The summed E-state index contributed by atoms with van der Waals surface area (Å²) in [4.78, 5) is 44.0. The summed E-state index contributed by atoms with van der Waals surface area (Å²) in [7, 11) is 1.29. The van der Waals surface area contributed by atoms with Crippen molar-refractivity contribution < 1.29 is 24.0 Å². The minimum absolute atomic E-state index is 0.183. The van der Waals surface area contributed by atoms with Crippen molar-refractivity contribution in [2.24, 2.45) is 17.2 Å². The van der Waals surface area contributed by atoms with Crippen molar-refractivity contribution in [3.63, 3.8) is 0 Å². The van der Waals surface area contributed by atoms with Crippen LogP contribution in [0.3, 0.4) is 0 Å². The van der Waals surface area contributed by atoms with E-state index in [0.29, 0.717) is 22.0 Å². The van der Waals surface area contributed by atoms with E-state index in [1.165, 1.54) is 12.0 Å². The SMILES string of the molecule is COC(=O)C1=C(C)N(C(=O)C(CC(=O)ON)C(C)(C)C)C(C)=CC1c1ccccc1Cl. The molecule has 168 valence electrons. The zero-order valence-electron chi connectivity index (χ0n) is 18.7. The molecule has 0 saturated heterocycles. The average Bonchev–Trinajstić information content (AvgIpc) is 2.70. The summed E-state index contributed by atoms with van der Waals surface area (Å²) in [5.41, 5.74) is 1.53. The molecule has 2 N–H and O–H groups in total. The summed E-state index contributed by atoms with van der Waals surface area (Å²) in [6.45, 7) is 9.03. The predicted molar refractivity (Wildman–Crippen MR) is 117 cm³/mol. The Morgan fingerprint density at radius 3 is 2.32 bits per heavy atom. The lowest BCUT2D eigenvalue weighted by Gasteiger charge is -2.38. The summed E-state index contributed by atoms with van der Waals surface area (Å²) in [6.07, 6.45) is 1.62. The average molecular weight is 449 g/mol. The number of halogens is 1. The van der Waals surface area contributed by atoms with E-state index in [-0.39, 0.29) is 12.3 Å². The molecule has 0 spiro atoms. The summed E-state index contributed by atoms with van der Waals surface area (Å²) < 4.78 is 5.03. The topological polar surface area (TPSA) is 98.9 Å². The largest absolute Gasteiger partial charge is 0.466 e. The van der Waals surface area contributed by atoms with Crippen molar-refractivity contribution >= 4 is 29.4 Å². The second kappa shape index (κ2) is 9.66. The van der Waals surface area contributed by atoms with E-state index in [4.69, 9.17) is 22.2 Å². The third-order valence-corrected chi connectivity index (χ3v) is 5.85. The van der Waals surface area contributed by atoms with Gasteiger partial charge in [-0.15, -0.1) is 0 Å². The number of hydrogen-bond donors (Lipinski definition) is 1. The second-order valence-electron chi connectivity index (χ2n) is 8.58. The first-order valence-electron chi connectivity index (χ1n) is 9.89. The Labute approximate surface area is 187 Å². The summed E-state index contributed by atoms with van der Waals surface area (Å²) in [5.74, 6) is 2.23. The fourth-order valence-corrected chi connectivity index (χ4v) is 4.09. The van der Waals surface area contributed by atoms with Crippen LogP contribution in [0.25, 0.3) is 0 Å². The highest BCUT2D eigenvalue weighted by atomic mass is 35.5. The molecule has 31 heavy (non-hydrogen) atoms. The fraction of sp³-hybridized carbons (Fsp3) is 0.435. The minimum Gasteiger partial charge on any atom is -0.466 e. The number of esters is 1. The standard InChI is InChI=1S/C23H29ClN2O5/c1-13-11-16(15-9-7-8-10-18(15)24)20(22(29)30-6)14(2)26(13)21(28)17(23(3,4)5)12-19(27)31-25/h7-11,16-17H,12,25H2,1-6H3. The molecule has 8 heteroatoms. The van der Waals surface area contributed by atoms with Crippen LogP contribution in [0, 0.1) is 11.3 Å². The van der Waals surface area contributed by atoms with Crippen LogP contribution in [0.2, 0.25) is 5.02 Å². The van der Waals surface area contributed by atoms with E-state index in [0.717, 1.165) is 5.56 Å². The molecular weight excluding hydrogens is 420 g/mol. The van der Waals surface area contributed by atoms with Gasteiger partial charge < -0.3 is 9.57 Å². The molecule has 1 aromatic carbocycles. The molecule has 2 atom stereocenters. The van der Waals surface area contributed by atoms with Gasteiger partial charge in [-0.25, -0.2) is 4.79 Å². The lowest BCUT2D eigenvalue weighted by Crippen LogP contribution is -2.43. The Morgan fingerprint density at radius 1 is 1.19 bits per heavy atom. The third-order valence-electron chi connectivity index (χ3n) is 5.51. The maximum Gasteiger partial charge on any atom is 0.336 e. The molecule has 0 fully saturated rings. The van der Waals surface area contributed by atoms with E-state index in [2.05, 4.69) is 4.84 Å². The van der Waals surface area contributed by atoms with Gasteiger partial charge in [-0.2, -0.15) is 5.90 Å². The molecule has 2 unspecified atom stereocenters. The molecule has 2 rings (SSSR count). The first-order valence-corrected chi connectivity index (χ1v) is 10.3. The van der Waals surface area contributed by atoms with Gasteiger partial charge in [0.1, 0.15) is 0 Å². The predicted octanol–water partition coefficient (Wildman–Crippen LogP) is 4.09. The maximum absolute atomic E-state index is 13.6. The van der Waals surface area contributed by atoms with E-state index in [1.807, 2.05) is 32.9 Å². The summed E-state index contributed by atoms with van der Waals surface area (Å²) in [5, 5.41) is 0.504. The molecule has 1 heterocycles.